The maximum absolute atomic E-state index is 12.4. The Bertz CT molecular complexity index is 707. The number of amides is 1. The van der Waals surface area contributed by atoms with Gasteiger partial charge in [-0.15, -0.1) is 11.8 Å². The molecule has 0 aliphatic carbocycles. The van der Waals surface area contributed by atoms with Crippen molar-refractivity contribution in [3.63, 3.8) is 0 Å². The molecule has 4 rings (SSSR count). The summed E-state index contributed by atoms with van der Waals surface area (Å²) in [5.74, 6) is 0.891. The number of nitrogens with zero attached hydrogens (tertiary/aromatic N) is 2. The van der Waals surface area contributed by atoms with Gasteiger partial charge in [-0.05, 0) is 45.0 Å². The first-order valence-corrected chi connectivity index (χ1v) is 10.1. The first kappa shape index (κ1) is 16.0. The van der Waals surface area contributed by atoms with Gasteiger partial charge in [-0.1, -0.05) is 24.6 Å². The molecule has 1 aromatic carbocycles. The van der Waals surface area contributed by atoms with E-state index >= 15 is 0 Å². The first-order chi connectivity index (χ1) is 11.8. The molecule has 2 saturated heterocycles. The highest BCUT2D eigenvalue weighted by molar-refractivity contribution is 8.00. The normalized spacial score (nSPS) is 22.6. The van der Waals surface area contributed by atoms with E-state index in [4.69, 9.17) is 0 Å². The van der Waals surface area contributed by atoms with Gasteiger partial charge < -0.3 is 14.8 Å². The van der Waals surface area contributed by atoms with Crippen molar-refractivity contribution < 1.29 is 4.79 Å². The van der Waals surface area contributed by atoms with Crippen molar-refractivity contribution in [1.82, 2.24) is 14.8 Å². The molecule has 0 bridgehead atoms. The van der Waals surface area contributed by atoms with E-state index in [9.17, 15) is 4.79 Å². The summed E-state index contributed by atoms with van der Waals surface area (Å²) in [4.78, 5) is 20.4. The number of carbonyl (C=O) groups is 1. The van der Waals surface area contributed by atoms with Gasteiger partial charge in [0, 0.05) is 29.2 Å². The number of carbonyl (C=O) groups excluding carboxylic acids is 1. The minimum Gasteiger partial charge on any atom is -0.361 e. The summed E-state index contributed by atoms with van der Waals surface area (Å²) in [5.41, 5.74) is 2.40. The van der Waals surface area contributed by atoms with E-state index in [1.807, 2.05) is 6.07 Å². The molecule has 5 heteroatoms. The Morgan fingerprint density at radius 2 is 1.96 bits per heavy atom. The highest BCUT2D eigenvalue weighted by atomic mass is 32.2. The Balaban J connectivity index is 1.43. The van der Waals surface area contributed by atoms with E-state index in [0.717, 1.165) is 25.0 Å². The molecule has 2 aliphatic heterocycles. The lowest BCUT2D eigenvalue weighted by molar-refractivity contribution is -0.128. The first-order valence-electron chi connectivity index (χ1n) is 9.02. The van der Waals surface area contributed by atoms with Crippen LogP contribution in [0, 0.1) is 0 Å². The third-order valence-corrected chi connectivity index (χ3v) is 6.42. The second-order valence-corrected chi connectivity index (χ2v) is 7.86. The fraction of sp³-hybridized carbons (Fsp3) is 0.526. The van der Waals surface area contributed by atoms with Crippen molar-refractivity contribution in [3.8, 4) is 0 Å². The van der Waals surface area contributed by atoms with E-state index in [1.165, 1.54) is 43.3 Å². The average Bonchev–Trinajstić information content (AvgIpc) is 3.20. The molecule has 24 heavy (non-hydrogen) atoms. The van der Waals surface area contributed by atoms with Crippen LogP contribution in [0.5, 0.6) is 0 Å². The number of piperidine rings is 1. The van der Waals surface area contributed by atoms with Gasteiger partial charge in [0.15, 0.2) is 0 Å². The van der Waals surface area contributed by atoms with Crippen LogP contribution in [0.1, 0.15) is 36.6 Å². The SMILES string of the molecule is O=C1CSC(c2c[nH]c3ccccc23)N1CCCN1CCCCC1. The van der Waals surface area contributed by atoms with E-state index in [1.54, 1.807) is 11.8 Å². The molecule has 2 aliphatic rings. The molecule has 1 atom stereocenters. The fourth-order valence-corrected chi connectivity index (χ4v) is 5.14. The zero-order valence-corrected chi connectivity index (χ0v) is 14.9. The fourth-order valence-electron chi connectivity index (χ4n) is 3.90. The zero-order chi connectivity index (χ0) is 16.4. The Morgan fingerprint density at radius 3 is 2.83 bits per heavy atom. The quantitative estimate of drug-likeness (QED) is 0.901. The number of thioether (sulfide) groups is 1. The highest BCUT2D eigenvalue weighted by Gasteiger charge is 2.33. The van der Waals surface area contributed by atoms with Crippen molar-refractivity contribution in [2.24, 2.45) is 0 Å². The largest absolute Gasteiger partial charge is 0.361 e. The second kappa shape index (κ2) is 7.19. The summed E-state index contributed by atoms with van der Waals surface area (Å²) >= 11 is 1.76. The van der Waals surface area contributed by atoms with Crippen LogP contribution in [0.25, 0.3) is 10.9 Å². The molecule has 0 spiro atoms. The van der Waals surface area contributed by atoms with E-state index in [0.29, 0.717) is 5.75 Å². The van der Waals surface area contributed by atoms with Crippen LogP contribution >= 0.6 is 11.8 Å². The molecule has 1 aromatic heterocycles. The van der Waals surface area contributed by atoms with Gasteiger partial charge in [-0.25, -0.2) is 0 Å². The van der Waals surface area contributed by atoms with Gasteiger partial charge in [0.1, 0.15) is 5.37 Å². The number of likely N-dealkylation sites (tertiary alicyclic amines) is 1. The monoisotopic (exact) mass is 343 g/mol. The van der Waals surface area contributed by atoms with Crippen LogP contribution < -0.4 is 0 Å². The van der Waals surface area contributed by atoms with Crippen LogP contribution in [0.3, 0.4) is 0 Å². The molecule has 0 saturated carbocycles. The van der Waals surface area contributed by atoms with Gasteiger partial charge in [0.05, 0.1) is 5.75 Å². The van der Waals surface area contributed by atoms with Gasteiger partial charge >= 0.3 is 0 Å². The van der Waals surface area contributed by atoms with Gasteiger partial charge in [0.2, 0.25) is 5.91 Å². The van der Waals surface area contributed by atoms with E-state index < -0.39 is 0 Å². The molecule has 4 nitrogen and oxygen atoms in total. The van der Waals surface area contributed by atoms with Crippen LogP contribution in [0.4, 0.5) is 0 Å². The number of aromatic amines is 1. The summed E-state index contributed by atoms with van der Waals surface area (Å²) < 4.78 is 0. The molecule has 2 aromatic rings. The predicted molar refractivity (Wildman–Crippen MR) is 100 cm³/mol. The second-order valence-electron chi connectivity index (χ2n) is 6.80. The zero-order valence-electron chi connectivity index (χ0n) is 14.0. The predicted octanol–water partition coefficient (Wildman–Crippen LogP) is 3.62. The van der Waals surface area contributed by atoms with Crippen LogP contribution in [0.2, 0.25) is 0 Å². The number of hydrogen-bond donors (Lipinski definition) is 1. The number of para-hydroxylation sites is 1. The minimum absolute atomic E-state index is 0.162. The molecule has 2 fully saturated rings. The summed E-state index contributed by atoms with van der Waals surface area (Å²) in [6.45, 7) is 4.45. The number of fused-ring (bicyclic) bond motifs is 1. The molecular formula is C19H25N3OS. The lowest BCUT2D eigenvalue weighted by atomic mass is 10.1. The maximum atomic E-state index is 12.4. The molecular weight excluding hydrogens is 318 g/mol. The Hall–Kier alpha value is -1.46. The number of aromatic nitrogens is 1. The molecule has 1 N–H and O–H groups in total. The van der Waals surface area contributed by atoms with Crippen molar-refractivity contribution >= 4 is 28.6 Å². The lowest BCUT2D eigenvalue weighted by Crippen LogP contribution is -2.34. The smallest absolute Gasteiger partial charge is 0.233 e. The number of H-pyrrole nitrogens is 1. The minimum atomic E-state index is 0.162. The van der Waals surface area contributed by atoms with Gasteiger partial charge in [-0.3, -0.25) is 4.79 Å². The van der Waals surface area contributed by atoms with Crippen LogP contribution in [-0.4, -0.2) is 52.6 Å². The maximum Gasteiger partial charge on any atom is 0.233 e. The van der Waals surface area contributed by atoms with Gasteiger partial charge in [-0.2, -0.15) is 0 Å². The number of benzene rings is 1. The average molecular weight is 343 g/mol. The molecule has 1 amide bonds. The topological polar surface area (TPSA) is 39.3 Å². The standard InChI is InChI=1S/C19H25N3OS/c23-18-14-24-19(16-13-20-17-8-3-2-7-15(16)17)22(18)12-6-11-21-9-4-1-5-10-21/h2-3,7-8,13,19-20H,1,4-6,9-12,14H2. The Labute approximate surface area is 147 Å². The Morgan fingerprint density at radius 1 is 1.12 bits per heavy atom. The summed E-state index contributed by atoms with van der Waals surface area (Å²) in [7, 11) is 0. The third kappa shape index (κ3) is 3.20. The lowest BCUT2D eigenvalue weighted by Gasteiger charge is -2.28. The molecule has 3 heterocycles. The Kier molecular flexibility index (Phi) is 4.81. The summed E-state index contributed by atoms with van der Waals surface area (Å²) in [6, 6.07) is 8.37. The van der Waals surface area contributed by atoms with Crippen LogP contribution in [-0.2, 0) is 4.79 Å². The van der Waals surface area contributed by atoms with Crippen molar-refractivity contribution in [1.29, 1.82) is 0 Å². The highest BCUT2D eigenvalue weighted by Crippen LogP contribution is 2.41. The molecule has 0 radical (unpaired) electrons. The van der Waals surface area contributed by atoms with Crippen molar-refractivity contribution in [2.75, 3.05) is 31.9 Å². The summed E-state index contributed by atoms with van der Waals surface area (Å²) in [5, 5.41) is 1.40. The van der Waals surface area contributed by atoms with E-state index in [2.05, 4.69) is 39.2 Å². The van der Waals surface area contributed by atoms with Crippen molar-refractivity contribution in [3.05, 3.63) is 36.0 Å². The summed E-state index contributed by atoms with van der Waals surface area (Å²) in [6.07, 6.45) is 7.19. The van der Waals surface area contributed by atoms with Crippen molar-refractivity contribution in [2.45, 2.75) is 31.1 Å². The molecule has 128 valence electrons. The third-order valence-electron chi connectivity index (χ3n) is 5.18. The van der Waals surface area contributed by atoms with Crippen LogP contribution in [0.15, 0.2) is 30.5 Å². The number of nitrogens with one attached hydrogen (secondary N) is 1. The number of rotatable bonds is 5. The number of hydrogen-bond acceptors (Lipinski definition) is 3. The molecule has 1 unspecified atom stereocenters. The van der Waals surface area contributed by atoms with E-state index in [-0.39, 0.29) is 11.3 Å². The van der Waals surface area contributed by atoms with Gasteiger partial charge in [0.25, 0.3) is 0 Å².